The number of rotatable bonds is 3. The van der Waals surface area contributed by atoms with E-state index in [0.29, 0.717) is 22.9 Å². The van der Waals surface area contributed by atoms with E-state index in [4.69, 9.17) is 16.3 Å². The standard InChI is InChI=1S/C18H19ClN2O2/c1-11(2)23-16-6-8-20-12(3)17(16)21-9-7-13-10-14(19)4-5-15(13)18(21)22/h4-6,8,10-11H,7,9H2,1-3H3. The quantitative estimate of drug-likeness (QED) is 0.853. The van der Waals surface area contributed by atoms with Gasteiger partial charge in [-0.1, -0.05) is 11.6 Å². The first-order valence-electron chi connectivity index (χ1n) is 7.70. The molecule has 0 fully saturated rings. The molecule has 2 heterocycles. The smallest absolute Gasteiger partial charge is 0.258 e. The number of pyridine rings is 1. The van der Waals surface area contributed by atoms with Crippen molar-refractivity contribution in [1.82, 2.24) is 4.98 Å². The molecule has 0 radical (unpaired) electrons. The number of amides is 1. The fourth-order valence-electron chi connectivity index (χ4n) is 2.88. The number of fused-ring (bicyclic) bond motifs is 1. The highest BCUT2D eigenvalue weighted by molar-refractivity contribution is 6.30. The van der Waals surface area contributed by atoms with Crippen LogP contribution in [0.3, 0.4) is 0 Å². The summed E-state index contributed by atoms with van der Waals surface area (Å²) in [6.45, 7) is 6.42. The molecule has 1 aliphatic rings. The maximum Gasteiger partial charge on any atom is 0.258 e. The van der Waals surface area contributed by atoms with E-state index >= 15 is 0 Å². The minimum atomic E-state index is -0.0346. The number of carbonyl (C=O) groups is 1. The Bertz CT molecular complexity index is 759. The molecule has 1 aromatic carbocycles. The van der Waals surface area contributed by atoms with Crippen molar-refractivity contribution in [3.05, 3.63) is 52.3 Å². The molecule has 1 amide bonds. The van der Waals surface area contributed by atoms with Gasteiger partial charge in [-0.25, -0.2) is 0 Å². The molecular formula is C18H19ClN2O2. The summed E-state index contributed by atoms with van der Waals surface area (Å²) >= 11 is 6.03. The second kappa shape index (κ2) is 6.20. The zero-order chi connectivity index (χ0) is 16.6. The van der Waals surface area contributed by atoms with Gasteiger partial charge in [0.05, 0.1) is 11.8 Å². The monoisotopic (exact) mass is 330 g/mol. The minimum Gasteiger partial charge on any atom is -0.489 e. The Morgan fingerprint density at radius 3 is 2.83 bits per heavy atom. The molecule has 0 N–H and O–H groups in total. The molecule has 3 rings (SSSR count). The van der Waals surface area contributed by atoms with E-state index in [1.54, 1.807) is 23.2 Å². The number of hydrogen-bond donors (Lipinski definition) is 0. The van der Waals surface area contributed by atoms with Crippen molar-refractivity contribution < 1.29 is 9.53 Å². The Kier molecular flexibility index (Phi) is 4.26. The first-order valence-corrected chi connectivity index (χ1v) is 8.07. The van der Waals surface area contributed by atoms with Crippen molar-refractivity contribution in [3.63, 3.8) is 0 Å². The first-order chi connectivity index (χ1) is 11.0. The summed E-state index contributed by atoms with van der Waals surface area (Å²) in [7, 11) is 0. The number of aromatic nitrogens is 1. The topological polar surface area (TPSA) is 42.4 Å². The van der Waals surface area contributed by atoms with E-state index < -0.39 is 0 Å². The van der Waals surface area contributed by atoms with Crippen LogP contribution in [0.4, 0.5) is 5.69 Å². The number of nitrogens with zero attached hydrogens (tertiary/aromatic N) is 2. The van der Waals surface area contributed by atoms with Crippen molar-refractivity contribution in [1.29, 1.82) is 0 Å². The summed E-state index contributed by atoms with van der Waals surface area (Å²) in [5.41, 5.74) is 3.23. The second-order valence-electron chi connectivity index (χ2n) is 5.92. The summed E-state index contributed by atoms with van der Waals surface area (Å²) in [5, 5.41) is 0.659. The molecule has 0 unspecified atom stereocenters. The third-order valence-electron chi connectivity index (χ3n) is 3.85. The van der Waals surface area contributed by atoms with Crippen LogP contribution in [0.5, 0.6) is 5.75 Å². The maximum atomic E-state index is 12.9. The summed E-state index contributed by atoms with van der Waals surface area (Å²) < 4.78 is 5.88. The van der Waals surface area contributed by atoms with E-state index in [-0.39, 0.29) is 12.0 Å². The van der Waals surface area contributed by atoms with Crippen LogP contribution < -0.4 is 9.64 Å². The summed E-state index contributed by atoms with van der Waals surface area (Å²) in [6, 6.07) is 7.23. The molecule has 23 heavy (non-hydrogen) atoms. The summed E-state index contributed by atoms with van der Waals surface area (Å²) in [6.07, 6.45) is 2.50. The number of benzene rings is 1. The minimum absolute atomic E-state index is 0.0292. The van der Waals surface area contributed by atoms with Gasteiger partial charge in [-0.2, -0.15) is 0 Å². The fourth-order valence-corrected chi connectivity index (χ4v) is 3.08. The molecule has 0 bridgehead atoms. The third kappa shape index (κ3) is 3.04. The van der Waals surface area contributed by atoms with Gasteiger partial charge >= 0.3 is 0 Å². The van der Waals surface area contributed by atoms with Crippen molar-refractivity contribution in [3.8, 4) is 5.75 Å². The van der Waals surface area contributed by atoms with Gasteiger partial charge in [-0.15, -0.1) is 0 Å². The van der Waals surface area contributed by atoms with Gasteiger partial charge in [0.1, 0.15) is 11.4 Å². The lowest BCUT2D eigenvalue weighted by Gasteiger charge is -2.31. The van der Waals surface area contributed by atoms with E-state index in [0.717, 1.165) is 23.4 Å². The number of anilines is 1. The number of hydrogen-bond acceptors (Lipinski definition) is 3. The zero-order valence-corrected chi connectivity index (χ0v) is 14.2. The predicted octanol–water partition coefficient (Wildman–Crippen LogP) is 4.03. The van der Waals surface area contributed by atoms with Crippen molar-refractivity contribution in [2.45, 2.75) is 33.3 Å². The van der Waals surface area contributed by atoms with E-state index in [1.165, 1.54) is 0 Å². The molecule has 1 aliphatic heterocycles. The fraction of sp³-hybridized carbons (Fsp3) is 0.333. The molecule has 5 heteroatoms. The van der Waals surface area contributed by atoms with E-state index in [1.807, 2.05) is 32.9 Å². The lowest BCUT2D eigenvalue weighted by Crippen LogP contribution is -2.38. The predicted molar refractivity (Wildman–Crippen MR) is 91.6 cm³/mol. The highest BCUT2D eigenvalue weighted by Gasteiger charge is 2.29. The van der Waals surface area contributed by atoms with Crippen molar-refractivity contribution in [2.24, 2.45) is 0 Å². The average Bonchev–Trinajstić information content (AvgIpc) is 2.48. The summed E-state index contributed by atoms with van der Waals surface area (Å²) in [5.74, 6) is 0.658. The van der Waals surface area contributed by atoms with E-state index in [9.17, 15) is 4.79 Å². The van der Waals surface area contributed by atoms with Crippen LogP contribution >= 0.6 is 11.6 Å². The van der Waals surface area contributed by atoms with Crippen LogP contribution in [-0.2, 0) is 6.42 Å². The number of carbonyl (C=O) groups excluding carboxylic acids is 1. The molecule has 0 spiro atoms. The highest BCUT2D eigenvalue weighted by atomic mass is 35.5. The molecule has 0 saturated carbocycles. The summed E-state index contributed by atoms with van der Waals surface area (Å²) in [4.78, 5) is 19.0. The molecule has 4 nitrogen and oxygen atoms in total. The SMILES string of the molecule is Cc1nccc(OC(C)C)c1N1CCc2cc(Cl)ccc2C1=O. The van der Waals surface area contributed by atoms with Gasteiger partial charge < -0.3 is 9.64 Å². The van der Waals surface area contributed by atoms with Crippen LogP contribution in [-0.4, -0.2) is 23.5 Å². The van der Waals surface area contributed by atoms with Gasteiger partial charge in [0.2, 0.25) is 0 Å². The molecule has 2 aromatic rings. The lowest BCUT2D eigenvalue weighted by atomic mass is 9.98. The largest absolute Gasteiger partial charge is 0.489 e. The molecule has 0 saturated heterocycles. The van der Waals surface area contributed by atoms with Crippen molar-refractivity contribution >= 4 is 23.2 Å². The van der Waals surface area contributed by atoms with Crippen LogP contribution in [0.2, 0.25) is 5.02 Å². The molecule has 0 atom stereocenters. The number of halogens is 1. The highest BCUT2D eigenvalue weighted by Crippen LogP contribution is 2.35. The number of ether oxygens (including phenoxy) is 1. The Hall–Kier alpha value is -2.07. The first kappa shape index (κ1) is 15.8. The molecule has 1 aromatic heterocycles. The Balaban J connectivity index is 2.03. The Labute approximate surface area is 141 Å². The Morgan fingerprint density at radius 2 is 2.09 bits per heavy atom. The molecular weight excluding hydrogens is 312 g/mol. The second-order valence-corrected chi connectivity index (χ2v) is 6.35. The van der Waals surface area contributed by atoms with Crippen molar-refractivity contribution in [2.75, 3.05) is 11.4 Å². The van der Waals surface area contributed by atoms with E-state index in [2.05, 4.69) is 4.98 Å². The zero-order valence-electron chi connectivity index (χ0n) is 13.5. The van der Waals surface area contributed by atoms with Gasteiger partial charge in [0.15, 0.2) is 0 Å². The van der Waals surface area contributed by atoms with Gasteiger partial charge in [-0.3, -0.25) is 9.78 Å². The maximum absolute atomic E-state index is 12.9. The normalized spacial score (nSPS) is 14.1. The van der Waals surface area contributed by atoms with Gasteiger partial charge in [0.25, 0.3) is 5.91 Å². The van der Waals surface area contributed by atoms with Gasteiger partial charge in [-0.05, 0) is 51.0 Å². The van der Waals surface area contributed by atoms with Crippen LogP contribution in [0.15, 0.2) is 30.5 Å². The number of aryl methyl sites for hydroxylation is 1. The van der Waals surface area contributed by atoms with Gasteiger partial charge in [0, 0.05) is 29.4 Å². The average molecular weight is 331 g/mol. The van der Waals surface area contributed by atoms with Crippen LogP contribution in [0.1, 0.15) is 35.5 Å². The molecule has 120 valence electrons. The van der Waals surface area contributed by atoms with Crippen LogP contribution in [0, 0.1) is 6.92 Å². The van der Waals surface area contributed by atoms with Crippen LogP contribution in [0.25, 0.3) is 0 Å². The third-order valence-corrected chi connectivity index (χ3v) is 4.09. The molecule has 0 aliphatic carbocycles. The lowest BCUT2D eigenvalue weighted by molar-refractivity contribution is 0.0979. The Morgan fingerprint density at radius 1 is 1.30 bits per heavy atom.